The molecule has 0 aliphatic rings. The molecular formula is C17H22N2O6. The van der Waals surface area contributed by atoms with Gasteiger partial charge in [-0.1, -0.05) is 25.1 Å². The molecule has 3 N–H and O–H groups in total. The van der Waals surface area contributed by atoms with Gasteiger partial charge in [-0.2, -0.15) is 0 Å². The van der Waals surface area contributed by atoms with E-state index >= 15 is 0 Å². The number of esters is 1. The highest BCUT2D eigenvalue weighted by atomic mass is 16.5. The van der Waals surface area contributed by atoms with E-state index in [1.807, 2.05) is 0 Å². The van der Waals surface area contributed by atoms with Crippen LogP contribution in [0.4, 0.5) is 0 Å². The Morgan fingerprint density at radius 1 is 1.16 bits per heavy atom. The number of aliphatic carboxylic acids is 1. The lowest BCUT2D eigenvalue weighted by atomic mass is 10.0. The Balaban J connectivity index is 2.52. The van der Waals surface area contributed by atoms with Crippen molar-refractivity contribution < 1.29 is 29.0 Å². The number of carboxylic acid groups (broad SMARTS) is 1. The summed E-state index contributed by atoms with van der Waals surface area (Å²) in [6.07, 6.45) is -0.105. The highest BCUT2D eigenvalue weighted by molar-refractivity contribution is 5.96. The van der Waals surface area contributed by atoms with Gasteiger partial charge in [-0.25, -0.2) is 4.79 Å². The zero-order valence-electron chi connectivity index (χ0n) is 14.2. The molecule has 2 atom stereocenters. The Bertz CT molecular complexity index is 617. The van der Waals surface area contributed by atoms with E-state index in [0.717, 1.165) is 0 Å². The molecule has 0 fully saturated rings. The Labute approximate surface area is 145 Å². The maximum Gasteiger partial charge on any atom is 0.326 e. The van der Waals surface area contributed by atoms with Gasteiger partial charge in [0, 0.05) is 5.56 Å². The first-order valence-electron chi connectivity index (χ1n) is 7.87. The van der Waals surface area contributed by atoms with Gasteiger partial charge in [-0.15, -0.1) is 0 Å². The molecule has 0 heterocycles. The van der Waals surface area contributed by atoms with Crippen LogP contribution >= 0.6 is 0 Å². The molecule has 0 aliphatic heterocycles. The molecule has 8 nitrogen and oxygen atoms in total. The minimum absolute atomic E-state index is 0.105. The molecule has 25 heavy (non-hydrogen) atoms. The van der Waals surface area contributed by atoms with E-state index in [4.69, 9.17) is 4.74 Å². The smallest absolute Gasteiger partial charge is 0.326 e. The van der Waals surface area contributed by atoms with Gasteiger partial charge in [0.1, 0.15) is 6.04 Å². The molecule has 1 rings (SSSR count). The van der Waals surface area contributed by atoms with Crippen LogP contribution in [0.5, 0.6) is 0 Å². The molecule has 8 heteroatoms. The molecule has 0 unspecified atom stereocenters. The third kappa shape index (κ3) is 7.03. The summed E-state index contributed by atoms with van der Waals surface area (Å²) in [5.41, 5.74) is 0.390. The molecule has 0 aromatic heterocycles. The van der Waals surface area contributed by atoms with Crippen LogP contribution in [0.15, 0.2) is 30.3 Å². The summed E-state index contributed by atoms with van der Waals surface area (Å²) in [6, 6.07) is 7.06. The number of ether oxygens (including phenoxy) is 1. The highest BCUT2D eigenvalue weighted by Crippen LogP contribution is 2.09. The van der Waals surface area contributed by atoms with Crippen molar-refractivity contribution in [3.05, 3.63) is 35.9 Å². The number of rotatable bonds is 9. The summed E-state index contributed by atoms with van der Waals surface area (Å²) in [4.78, 5) is 46.5. The van der Waals surface area contributed by atoms with Crippen molar-refractivity contribution in [3.8, 4) is 0 Å². The summed E-state index contributed by atoms with van der Waals surface area (Å²) in [6.45, 7) is 3.00. The van der Waals surface area contributed by atoms with Crippen molar-refractivity contribution in [2.75, 3.05) is 13.2 Å². The van der Waals surface area contributed by atoms with Crippen LogP contribution in [-0.4, -0.2) is 48.1 Å². The maximum absolute atomic E-state index is 11.9. The van der Waals surface area contributed by atoms with Gasteiger partial charge in [0.25, 0.3) is 5.91 Å². The number of hydrogen-bond acceptors (Lipinski definition) is 5. The Hall–Kier alpha value is -2.90. The molecule has 0 radical (unpaired) electrons. The molecule has 0 saturated carbocycles. The van der Waals surface area contributed by atoms with Crippen molar-refractivity contribution in [1.29, 1.82) is 0 Å². The van der Waals surface area contributed by atoms with Gasteiger partial charge < -0.3 is 20.5 Å². The largest absolute Gasteiger partial charge is 0.480 e. The number of amides is 2. The minimum atomic E-state index is -1.26. The van der Waals surface area contributed by atoms with E-state index in [2.05, 4.69) is 10.6 Å². The van der Waals surface area contributed by atoms with E-state index in [1.165, 1.54) is 6.92 Å². The maximum atomic E-state index is 11.9. The number of benzene rings is 1. The summed E-state index contributed by atoms with van der Waals surface area (Å²) in [5.74, 6) is -3.57. The fourth-order valence-corrected chi connectivity index (χ4v) is 2.05. The highest BCUT2D eigenvalue weighted by Gasteiger charge is 2.26. The van der Waals surface area contributed by atoms with Gasteiger partial charge >= 0.3 is 11.9 Å². The molecule has 1 aromatic carbocycles. The quantitative estimate of drug-likeness (QED) is 0.560. The van der Waals surface area contributed by atoms with Crippen LogP contribution in [0.3, 0.4) is 0 Å². The average Bonchev–Trinajstić information content (AvgIpc) is 2.59. The molecule has 1 aromatic rings. The fraction of sp³-hybridized carbons (Fsp3) is 0.412. The monoisotopic (exact) mass is 350 g/mol. The van der Waals surface area contributed by atoms with Crippen molar-refractivity contribution in [1.82, 2.24) is 10.6 Å². The van der Waals surface area contributed by atoms with Gasteiger partial charge in [0.2, 0.25) is 5.91 Å². The standard InChI is InChI=1S/C17H22N2O6/c1-3-25-17(24)11(2)9-13(16(22)23)19-14(20)10-18-15(21)12-7-5-4-6-8-12/h4-8,11,13H,3,9-10H2,1-2H3,(H,18,21)(H,19,20)(H,22,23)/t11-,13+/m0/s1. The van der Waals surface area contributed by atoms with Crippen LogP contribution in [0.2, 0.25) is 0 Å². The molecule has 0 bridgehead atoms. The molecular weight excluding hydrogens is 328 g/mol. The lowest BCUT2D eigenvalue weighted by Gasteiger charge is -2.18. The van der Waals surface area contributed by atoms with Crippen molar-refractivity contribution in [3.63, 3.8) is 0 Å². The molecule has 0 spiro atoms. The predicted octanol–water partition coefficient (Wildman–Crippen LogP) is 0.575. The van der Waals surface area contributed by atoms with Crippen LogP contribution in [0.25, 0.3) is 0 Å². The lowest BCUT2D eigenvalue weighted by molar-refractivity contribution is -0.149. The first-order valence-corrected chi connectivity index (χ1v) is 7.87. The summed E-state index contributed by atoms with van der Waals surface area (Å²) < 4.78 is 4.82. The number of hydrogen-bond donors (Lipinski definition) is 3. The second-order valence-corrected chi connectivity index (χ2v) is 5.40. The van der Waals surface area contributed by atoms with Gasteiger partial charge in [0.05, 0.1) is 19.1 Å². The van der Waals surface area contributed by atoms with Crippen molar-refractivity contribution in [2.45, 2.75) is 26.3 Å². The number of carboxylic acids is 1. The molecule has 0 aliphatic carbocycles. The van der Waals surface area contributed by atoms with Crippen molar-refractivity contribution in [2.24, 2.45) is 5.92 Å². The van der Waals surface area contributed by atoms with Crippen LogP contribution in [-0.2, 0) is 19.1 Å². The first-order chi connectivity index (χ1) is 11.8. The van der Waals surface area contributed by atoms with Crippen LogP contribution < -0.4 is 10.6 Å². The van der Waals surface area contributed by atoms with E-state index in [-0.39, 0.29) is 19.6 Å². The zero-order valence-corrected chi connectivity index (χ0v) is 14.2. The third-order valence-corrected chi connectivity index (χ3v) is 3.36. The predicted molar refractivity (Wildman–Crippen MR) is 88.8 cm³/mol. The van der Waals surface area contributed by atoms with Crippen LogP contribution in [0, 0.1) is 5.92 Å². The van der Waals surface area contributed by atoms with E-state index in [1.54, 1.807) is 37.3 Å². The number of carbonyl (C=O) groups is 4. The lowest BCUT2D eigenvalue weighted by Crippen LogP contribution is -2.46. The molecule has 0 saturated heterocycles. The van der Waals surface area contributed by atoms with E-state index < -0.39 is 35.7 Å². The summed E-state index contributed by atoms with van der Waals surface area (Å²) >= 11 is 0. The Kier molecular flexibility index (Phi) is 8.11. The summed E-state index contributed by atoms with van der Waals surface area (Å²) in [5, 5.41) is 13.9. The molecule has 2 amide bonds. The van der Waals surface area contributed by atoms with Gasteiger partial charge in [0.15, 0.2) is 0 Å². The average molecular weight is 350 g/mol. The van der Waals surface area contributed by atoms with Crippen LogP contribution in [0.1, 0.15) is 30.6 Å². The zero-order chi connectivity index (χ0) is 18.8. The Morgan fingerprint density at radius 2 is 1.80 bits per heavy atom. The minimum Gasteiger partial charge on any atom is -0.480 e. The second-order valence-electron chi connectivity index (χ2n) is 5.40. The van der Waals surface area contributed by atoms with E-state index in [9.17, 15) is 24.3 Å². The van der Waals surface area contributed by atoms with Gasteiger partial charge in [-0.05, 0) is 25.5 Å². The Morgan fingerprint density at radius 3 is 2.36 bits per heavy atom. The third-order valence-electron chi connectivity index (χ3n) is 3.36. The first kappa shape index (κ1) is 20.1. The SMILES string of the molecule is CCOC(=O)[C@@H](C)C[C@@H](NC(=O)CNC(=O)c1ccccc1)C(=O)O. The summed E-state index contributed by atoms with van der Waals surface area (Å²) in [7, 11) is 0. The van der Waals surface area contributed by atoms with Crippen molar-refractivity contribution >= 4 is 23.8 Å². The fourth-order valence-electron chi connectivity index (χ4n) is 2.05. The second kappa shape index (κ2) is 10.1. The molecule has 136 valence electrons. The number of carbonyl (C=O) groups excluding carboxylic acids is 3. The topological polar surface area (TPSA) is 122 Å². The normalized spacial score (nSPS) is 12.6. The number of nitrogens with one attached hydrogen (secondary N) is 2. The van der Waals surface area contributed by atoms with E-state index in [0.29, 0.717) is 5.56 Å². The van der Waals surface area contributed by atoms with Gasteiger partial charge in [-0.3, -0.25) is 14.4 Å².